The number of nitrogens with zero attached hydrogens (tertiary/aromatic N) is 2. The number of anilines is 1. The smallest absolute Gasteiger partial charge is 0.326 e. The number of urea groups is 1. The van der Waals surface area contributed by atoms with Gasteiger partial charge in [-0.3, -0.25) is 0 Å². The molecule has 1 unspecified atom stereocenters. The maximum atomic E-state index is 13.1. The zero-order valence-electron chi connectivity index (χ0n) is 10.3. The van der Waals surface area contributed by atoms with Gasteiger partial charge in [-0.15, -0.1) is 0 Å². The van der Waals surface area contributed by atoms with E-state index in [0.717, 1.165) is 11.0 Å². The highest BCUT2D eigenvalue weighted by molar-refractivity contribution is 5.92. The third-order valence-electron chi connectivity index (χ3n) is 2.60. The molecule has 0 fully saturated rings. The maximum Gasteiger partial charge on any atom is 0.326 e. The van der Waals surface area contributed by atoms with E-state index in [9.17, 15) is 14.0 Å². The Morgan fingerprint density at radius 1 is 1.53 bits per heavy atom. The number of nitrogens with one attached hydrogen (secondary N) is 1. The highest BCUT2D eigenvalue weighted by Crippen LogP contribution is 2.14. The molecular weight excluding hydrogens is 253 g/mol. The predicted octanol–water partition coefficient (Wildman–Crippen LogP) is 1.63. The van der Waals surface area contributed by atoms with Crippen LogP contribution in [0.15, 0.2) is 18.2 Å². The average Bonchev–Trinajstić information content (AvgIpc) is 2.38. The van der Waals surface area contributed by atoms with Crippen LogP contribution in [0.3, 0.4) is 0 Å². The molecule has 0 bridgehead atoms. The second-order valence-corrected chi connectivity index (χ2v) is 3.86. The molecule has 1 aromatic rings. The van der Waals surface area contributed by atoms with Crippen molar-refractivity contribution < 1.29 is 19.1 Å². The minimum absolute atomic E-state index is 0.202. The zero-order chi connectivity index (χ0) is 14.6. The molecular formula is C12H12FN3O3. The van der Waals surface area contributed by atoms with E-state index in [-0.39, 0.29) is 11.3 Å². The van der Waals surface area contributed by atoms with Gasteiger partial charge in [0.1, 0.15) is 17.9 Å². The lowest BCUT2D eigenvalue weighted by atomic mass is 10.2. The van der Waals surface area contributed by atoms with Crippen molar-refractivity contribution in [3.05, 3.63) is 29.6 Å². The number of rotatable bonds is 3. The number of halogens is 1. The summed E-state index contributed by atoms with van der Waals surface area (Å²) in [5, 5.41) is 19.8. The van der Waals surface area contributed by atoms with Crippen molar-refractivity contribution in [1.29, 1.82) is 5.26 Å². The van der Waals surface area contributed by atoms with Gasteiger partial charge in [-0.05, 0) is 25.1 Å². The molecule has 7 heteroatoms. The molecule has 0 radical (unpaired) electrons. The van der Waals surface area contributed by atoms with Crippen molar-refractivity contribution in [2.75, 3.05) is 12.4 Å². The summed E-state index contributed by atoms with van der Waals surface area (Å²) >= 11 is 0. The first kappa shape index (κ1) is 14.4. The van der Waals surface area contributed by atoms with Crippen LogP contribution in [0.1, 0.15) is 12.5 Å². The number of likely N-dealkylation sites (N-methyl/N-ethyl adjacent to an activating group) is 1. The van der Waals surface area contributed by atoms with Gasteiger partial charge in [-0.25, -0.2) is 14.0 Å². The summed E-state index contributed by atoms with van der Waals surface area (Å²) < 4.78 is 13.1. The Morgan fingerprint density at radius 3 is 2.68 bits per heavy atom. The van der Waals surface area contributed by atoms with Crippen LogP contribution in [-0.4, -0.2) is 35.1 Å². The molecule has 100 valence electrons. The molecule has 1 aromatic carbocycles. The van der Waals surface area contributed by atoms with Gasteiger partial charge in [0.25, 0.3) is 0 Å². The van der Waals surface area contributed by atoms with Gasteiger partial charge in [0, 0.05) is 12.7 Å². The number of nitriles is 1. The molecule has 0 aliphatic heterocycles. The van der Waals surface area contributed by atoms with E-state index in [0.29, 0.717) is 0 Å². The molecule has 1 atom stereocenters. The molecule has 0 heterocycles. The van der Waals surface area contributed by atoms with Crippen LogP contribution in [0.5, 0.6) is 0 Å². The first-order chi connectivity index (χ1) is 8.86. The second-order valence-electron chi connectivity index (χ2n) is 3.86. The molecule has 0 saturated carbocycles. The predicted molar refractivity (Wildman–Crippen MR) is 65.0 cm³/mol. The number of carboxylic acid groups (broad SMARTS) is 1. The molecule has 0 aromatic heterocycles. The van der Waals surface area contributed by atoms with Crippen molar-refractivity contribution in [3.8, 4) is 6.07 Å². The number of benzene rings is 1. The fourth-order valence-corrected chi connectivity index (χ4v) is 1.24. The van der Waals surface area contributed by atoms with E-state index in [1.807, 2.05) is 0 Å². The normalized spacial score (nSPS) is 11.3. The molecule has 0 spiro atoms. The zero-order valence-corrected chi connectivity index (χ0v) is 10.3. The molecule has 1 rings (SSSR count). The van der Waals surface area contributed by atoms with Crippen molar-refractivity contribution >= 4 is 17.7 Å². The lowest BCUT2D eigenvalue weighted by Gasteiger charge is -2.21. The van der Waals surface area contributed by atoms with Crippen LogP contribution < -0.4 is 5.32 Å². The summed E-state index contributed by atoms with van der Waals surface area (Å²) in [5.41, 5.74) is 0.0131. The van der Waals surface area contributed by atoms with E-state index in [2.05, 4.69) is 5.32 Å². The Kier molecular flexibility index (Phi) is 4.42. The third-order valence-corrected chi connectivity index (χ3v) is 2.60. The minimum Gasteiger partial charge on any atom is -0.480 e. The van der Waals surface area contributed by atoms with Crippen LogP contribution in [-0.2, 0) is 4.79 Å². The molecule has 0 aliphatic carbocycles. The highest BCUT2D eigenvalue weighted by atomic mass is 19.1. The van der Waals surface area contributed by atoms with Gasteiger partial charge in [0.05, 0.1) is 5.56 Å². The van der Waals surface area contributed by atoms with E-state index >= 15 is 0 Å². The number of carbonyl (C=O) groups is 2. The number of hydrogen-bond acceptors (Lipinski definition) is 3. The average molecular weight is 265 g/mol. The van der Waals surface area contributed by atoms with Gasteiger partial charge in [-0.1, -0.05) is 0 Å². The standard InChI is InChI=1S/C12H12FN3O3/c1-7(11(17)18)16(2)12(19)15-9-3-4-10(13)8(5-9)6-14/h3-5,7H,1-2H3,(H,15,19)(H,17,18). The maximum absolute atomic E-state index is 13.1. The van der Waals surface area contributed by atoms with E-state index in [1.165, 1.54) is 26.1 Å². The topological polar surface area (TPSA) is 93.4 Å². The minimum atomic E-state index is -1.14. The van der Waals surface area contributed by atoms with Crippen LogP contribution in [0.2, 0.25) is 0 Å². The second kappa shape index (κ2) is 5.82. The summed E-state index contributed by atoms with van der Waals surface area (Å²) in [6.45, 7) is 1.35. The van der Waals surface area contributed by atoms with Crippen molar-refractivity contribution in [3.63, 3.8) is 0 Å². The van der Waals surface area contributed by atoms with Gasteiger partial charge in [-0.2, -0.15) is 5.26 Å². The summed E-state index contributed by atoms with van der Waals surface area (Å²) in [7, 11) is 1.32. The van der Waals surface area contributed by atoms with Crippen molar-refractivity contribution in [2.24, 2.45) is 0 Å². The summed E-state index contributed by atoms with van der Waals surface area (Å²) in [6, 6.07) is 3.49. The van der Waals surface area contributed by atoms with Crippen LogP contribution >= 0.6 is 0 Å². The summed E-state index contributed by atoms with van der Waals surface area (Å²) in [4.78, 5) is 23.4. The lowest BCUT2D eigenvalue weighted by molar-refractivity contribution is -0.141. The number of amides is 2. The summed E-state index contributed by atoms with van der Waals surface area (Å²) in [6.07, 6.45) is 0. The first-order valence-corrected chi connectivity index (χ1v) is 5.33. The van der Waals surface area contributed by atoms with Crippen LogP contribution in [0.25, 0.3) is 0 Å². The SMILES string of the molecule is CC(C(=O)O)N(C)C(=O)Nc1ccc(F)c(C#N)c1. The van der Waals surface area contributed by atoms with Crippen molar-refractivity contribution in [2.45, 2.75) is 13.0 Å². The van der Waals surface area contributed by atoms with Gasteiger partial charge in [0.2, 0.25) is 0 Å². The Labute approximate surface area is 109 Å². The number of aliphatic carboxylic acids is 1. The number of hydrogen-bond donors (Lipinski definition) is 2. The van der Waals surface area contributed by atoms with Gasteiger partial charge >= 0.3 is 12.0 Å². The molecule has 6 nitrogen and oxygen atoms in total. The van der Waals surface area contributed by atoms with Gasteiger partial charge in [0.15, 0.2) is 0 Å². The number of carbonyl (C=O) groups excluding carboxylic acids is 1. The quantitative estimate of drug-likeness (QED) is 0.868. The molecule has 2 N–H and O–H groups in total. The lowest BCUT2D eigenvalue weighted by Crippen LogP contribution is -2.42. The van der Waals surface area contributed by atoms with Crippen LogP contribution in [0.4, 0.5) is 14.9 Å². The van der Waals surface area contributed by atoms with Crippen LogP contribution in [0, 0.1) is 17.1 Å². The molecule has 2 amide bonds. The monoisotopic (exact) mass is 265 g/mol. The Bertz CT molecular complexity index is 554. The fourth-order valence-electron chi connectivity index (χ4n) is 1.24. The van der Waals surface area contributed by atoms with E-state index < -0.39 is 23.9 Å². The Balaban J connectivity index is 2.83. The first-order valence-electron chi connectivity index (χ1n) is 5.33. The van der Waals surface area contributed by atoms with Crippen molar-refractivity contribution in [1.82, 2.24) is 4.90 Å². The molecule has 0 aliphatic rings. The van der Waals surface area contributed by atoms with E-state index in [4.69, 9.17) is 10.4 Å². The number of carboxylic acids is 1. The van der Waals surface area contributed by atoms with E-state index in [1.54, 1.807) is 6.07 Å². The van der Waals surface area contributed by atoms with Gasteiger partial charge < -0.3 is 15.3 Å². The largest absolute Gasteiger partial charge is 0.480 e. The molecule has 19 heavy (non-hydrogen) atoms. The fraction of sp³-hybridized carbons (Fsp3) is 0.250. The molecule has 0 saturated heterocycles. The highest BCUT2D eigenvalue weighted by Gasteiger charge is 2.21. The summed E-state index contributed by atoms with van der Waals surface area (Å²) in [5.74, 6) is -1.83. The Hall–Kier alpha value is -2.62. The Morgan fingerprint density at radius 2 is 2.16 bits per heavy atom. The third kappa shape index (κ3) is 3.42.